The molecular formula is C22H25F3N8O. The number of nitrogens with zero attached hydrogens (tertiary/aromatic N) is 7. The number of ether oxygens (including phenoxy) is 1. The number of piperidine rings is 1. The van der Waals surface area contributed by atoms with Crippen molar-refractivity contribution in [3.8, 4) is 17.0 Å². The first-order valence-corrected chi connectivity index (χ1v) is 11.1. The highest BCUT2D eigenvalue weighted by Gasteiger charge is 2.28. The van der Waals surface area contributed by atoms with Gasteiger partial charge >= 0.3 is 0 Å². The SMILES string of the molecule is COc1nc(N[C@H]2CCN(C)C[C@H]2F)nn2ccc(-c3ccc4nnn(CCC(F)F)c4c3)c12. The van der Waals surface area contributed by atoms with Crippen LogP contribution in [0.1, 0.15) is 12.8 Å². The van der Waals surface area contributed by atoms with Crippen LogP contribution in [0.25, 0.3) is 27.7 Å². The van der Waals surface area contributed by atoms with Gasteiger partial charge in [-0.3, -0.25) is 0 Å². The Hall–Kier alpha value is -3.41. The van der Waals surface area contributed by atoms with Gasteiger partial charge < -0.3 is 15.0 Å². The first kappa shape index (κ1) is 22.4. The number of halogens is 3. The van der Waals surface area contributed by atoms with E-state index in [-0.39, 0.29) is 25.0 Å². The maximum absolute atomic E-state index is 14.5. The third kappa shape index (κ3) is 4.25. The molecule has 2 atom stereocenters. The Morgan fingerprint density at radius 1 is 1.26 bits per heavy atom. The zero-order chi connectivity index (χ0) is 23.8. The minimum atomic E-state index is -2.41. The lowest BCUT2D eigenvalue weighted by Gasteiger charge is -2.32. The fraction of sp³-hybridized carbons (Fsp3) is 0.455. The van der Waals surface area contributed by atoms with E-state index in [0.29, 0.717) is 35.4 Å². The number of alkyl halides is 3. The van der Waals surface area contributed by atoms with Gasteiger partial charge in [0.1, 0.15) is 17.2 Å². The third-order valence-corrected chi connectivity index (χ3v) is 6.12. The number of aromatic nitrogens is 6. The Balaban J connectivity index is 1.49. The van der Waals surface area contributed by atoms with Gasteiger partial charge in [0, 0.05) is 37.8 Å². The number of aryl methyl sites for hydroxylation is 1. The minimum absolute atomic E-state index is 0.0715. The molecule has 12 heteroatoms. The average Bonchev–Trinajstić information content (AvgIpc) is 3.42. The van der Waals surface area contributed by atoms with E-state index in [0.717, 1.165) is 17.7 Å². The van der Waals surface area contributed by atoms with E-state index in [1.165, 1.54) is 11.8 Å². The molecule has 4 aromatic rings. The number of anilines is 1. The molecule has 1 aliphatic rings. The van der Waals surface area contributed by atoms with Crippen LogP contribution in [0.5, 0.6) is 5.88 Å². The molecule has 1 N–H and O–H groups in total. The van der Waals surface area contributed by atoms with Crippen molar-refractivity contribution in [2.24, 2.45) is 0 Å². The number of hydrogen-bond donors (Lipinski definition) is 1. The number of likely N-dealkylation sites (tertiary alicyclic amines) is 1. The van der Waals surface area contributed by atoms with Crippen LogP contribution in [0.2, 0.25) is 0 Å². The van der Waals surface area contributed by atoms with Crippen LogP contribution in [0.15, 0.2) is 30.5 Å². The summed E-state index contributed by atoms with van der Waals surface area (Å²) in [6.07, 6.45) is -1.32. The largest absolute Gasteiger partial charge is 0.479 e. The van der Waals surface area contributed by atoms with Gasteiger partial charge in [-0.25, -0.2) is 22.4 Å². The van der Waals surface area contributed by atoms with E-state index >= 15 is 0 Å². The maximum atomic E-state index is 14.5. The molecule has 0 bridgehead atoms. The normalized spacial score (nSPS) is 19.4. The minimum Gasteiger partial charge on any atom is -0.479 e. The highest BCUT2D eigenvalue weighted by molar-refractivity contribution is 5.89. The Labute approximate surface area is 193 Å². The molecule has 0 radical (unpaired) electrons. The van der Waals surface area contributed by atoms with Crippen LogP contribution < -0.4 is 10.1 Å². The zero-order valence-electron chi connectivity index (χ0n) is 18.8. The number of benzene rings is 1. The van der Waals surface area contributed by atoms with Crippen LogP contribution in [-0.4, -0.2) is 80.4 Å². The quantitative estimate of drug-likeness (QED) is 0.440. The van der Waals surface area contributed by atoms with Gasteiger partial charge in [-0.15, -0.1) is 10.2 Å². The van der Waals surface area contributed by atoms with Crippen LogP contribution >= 0.6 is 0 Å². The van der Waals surface area contributed by atoms with E-state index in [4.69, 9.17) is 4.74 Å². The number of nitrogens with one attached hydrogen (secondary N) is 1. The van der Waals surface area contributed by atoms with Gasteiger partial charge in [0.2, 0.25) is 18.3 Å². The molecule has 1 aromatic carbocycles. The van der Waals surface area contributed by atoms with E-state index in [9.17, 15) is 13.2 Å². The lowest BCUT2D eigenvalue weighted by Crippen LogP contribution is -2.46. The molecule has 9 nitrogen and oxygen atoms in total. The summed E-state index contributed by atoms with van der Waals surface area (Å²) in [5.74, 6) is 0.624. The Morgan fingerprint density at radius 2 is 2.12 bits per heavy atom. The molecule has 0 unspecified atom stereocenters. The van der Waals surface area contributed by atoms with Crippen LogP contribution in [-0.2, 0) is 6.54 Å². The van der Waals surface area contributed by atoms with E-state index in [1.54, 1.807) is 16.8 Å². The number of hydrogen-bond acceptors (Lipinski definition) is 7. The van der Waals surface area contributed by atoms with Crippen molar-refractivity contribution in [1.82, 2.24) is 34.5 Å². The standard InChI is InChI=1S/C22H25F3N8O/c1-31-8-6-16(15(23)12-31)26-22-27-21(34-2)20-14(5-9-33(20)29-22)13-3-4-17-18(11-13)32(30-28-17)10-7-19(24)25/h3-5,9,11,15-16,19H,6-8,10,12H2,1-2H3,(H,26,29)/t15-,16+/m1/s1. The lowest BCUT2D eigenvalue weighted by atomic mass is 10.0. The van der Waals surface area contributed by atoms with Gasteiger partial charge in [0.15, 0.2) is 0 Å². The van der Waals surface area contributed by atoms with E-state index < -0.39 is 12.6 Å². The summed E-state index contributed by atoms with van der Waals surface area (Å²) in [4.78, 5) is 6.44. The van der Waals surface area contributed by atoms with E-state index in [2.05, 4.69) is 25.7 Å². The fourth-order valence-corrected chi connectivity index (χ4v) is 4.33. The number of fused-ring (bicyclic) bond motifs is 2. The molecule has 0 spiro atoms. The summed E-state index contributed by atoms with van der Waals surface area (Å²) in [5, 5.41) is 15.7. The molecule has 1 aliphatic heterocycles. The fourth-order valence-electron chi connectivity index (χ4n) is 4.33. The summed E-state index contributed by atoms with van der Waals surface area (Å²) >= 11 is 0. The van der Waals surface area contributed by atoms with E-state index in [1.807, 2.05) is 30.1 Å². The smallest absolute Gasteiger partial charge is 0.244 e. The molecule has 0 saturated carbocycles. The van der Waals surface area contributed by atoms with Crippen LogP contribution in [0, 0.1) is 0 Å². The Kier molecular flexibility index (Phi) is 5.98. The van der Waals surface area contributed by atoms with Crippen LogP contribution in [0.4, 0.5) is 19.1 Å². The molecule has 5 rings (SSSR count). The van der Waals surface area contributed by atoms with Crippen molar-refractivity contribution < 1.29 is 17.9 Å². The predicted octanol–water partition coefficient (Wildman–Crippen LogP) is 3.26. The summed E-state index contributed by atoms with van der Waals surface area (Å²) in [5.41, 5.74) is 3.54. The molecule has 1 fully saturated rings. The van der Waals surface area contributed by atoms with Gasteiger partial charge in [-0.2, -0.15) is 4.98 Å². The topological polar surface area (TPSA) is 85.4 Å². The summed E-state index contributed by atoms with van der Waals surface area (Å²) in [7, 11) is 3.41. The molecule has 1 saturated heterocycles. The molecular weight excluding hydrogens is 449 g/mol. The second-order valence-electron chi connectivity index (χ2n) is 8.48. The molecule has 180 valence electrons. The van der Waals surface area contributed by atoms with Crippen LogP contribution in [0.3, 0.4) is 0 Å². The maximum Gasteiger partial charge on any atom is 0.244 e. The van der Waals surface area contributed by atoms with Crippen molar-refractivity contribution in [1.29, 1.82) is 0 Å². The number of methoxy groups -OCH3 is 1. The second-order valence-corrected chi connectivity index (χ2v) is 8.48. The Bertz CT molecular complexity index is 1310. The highest BCUT2D eigenvalue weighted by atomic mass is 19.3. The van der Waals surface area contributed by atoms with Crippen molar-refractivity contribution in [3.05, 3.63) is 30.5 Å². The molecule has 0 aliphatic carbocycles. The molecule has 34 heavy (non-hydrogen) atoms. The molecule has 0 amide bonds. The van der Waals surface area contributed by atoms with Crippen molar-refractivity contribution in [2.75, 3.05) is 32.6 Å². The molecule has 4 heterocycles. The van der Waals surface area contributed by atoms with Gasteiger partial charge in [0.25, 0.3) is 0 Å². The summed E-state index contributed by atoms with van der Waals surface area (Å²) in [6.45, 7) is 1.22. The van der Waals surface area contributed by atoms with Gasteiger partial charge in [-0.05, 0) is 37.2 Å². The first-order chi connectivity index (χ1) is 16.4. The van der Waals surface area contributed by atoms with Crippen molar-refractivity contribution in [3.63, 3.8) is 0 Å². The first-order valence-electron chi connectivity index (χ1n) is 11.1. The second kappa shape index (κ2) is 9.09. The number of rotatable bonds is 7. The predicted molar refractivity (Wildman–Crippen MR) is 121 cm³/mol. The van der Waals surface area contributed by atoms with Gasteiger partial charge in [0.05, 0.1) is 18.7 Å². The monoisotopic (exact) mass is 474 g/mol. The zero-order valence-corrected chi connectivity index (χ0v) is 18.8. The lowest BCUT2D eigenvalue weighted by molar-refractivity contribution is 0.130. The average molecular weight is 474 g/mol. The summed E-state index contributed by atoms with van der Waals surface area (Å²) in [6, 6.07) is 7.02. The van der Waals surface area contributed by atoms with Crippen molar-refractivity contribution in [2.45, 2.75) is 38.0 Å². The highest BCUT2D eigenvalue weighted by Crippen LogP contribution is 2.33. The van der Waals surface area contributed by atoms with Crippen molar-refractivity contribution >= 4 is 22.5 Å². The third-order valence-electron chi connectivity index (χ3n) is 6.12. The van der Waals surface area contributed by atoms with Gasteiger partial charge in [-0.1, -0.05) is 11.3 Å². The Morgan fingerprint density at radius 3 is 2.88 bits per heavy atom. The summed E-state index contributed by atoms with van der Waals surface area (Å²) < 4.78 is 48.5. The molecule has 3 aromatic heterocycles.